The molecule has 0 radical (unpaired) electrons. The molecule has 122 valence electrons. The van der Waals surface area contributed by atoms with E-state index in [4.69, 9.17) is 12.2 Å². The van der Waals surface area contributed by atoms with Crippen molar-refractivity contribution in [3.63, 3.8) is 0 Å². The van der Waals surface area contributed by atoms with Crippen LogP contribution in [0.15, 0.2) is 23.3 Å². The molecule has 0 spiro atoms. The zero-order valence-electron chi connectivity index (χ0n) is 11.9. The van der Waals surface area contributed by atoms with E-state index in [1.165, 1.54) is 6.20 Å². The van der Waals surface area contributed by atoms with E-state index in [2.05, 4.69) is 15.0 Å². The zero-order valence-corrected chi connectivity index (χ0v) is 12.7. The average molecular weight is 342 g/mol. The van der Waals surface area contributed by atoms with Crippen molar-refractivity contribution >= 4 is 12.2 Å². The lowest BCUT2D eigenvalue weighted by molar-refractivity contribution is -0.138. The second-order valence-electron chi connectivity index (χ2n) is 5.36. The third kappa shape index (κ3) is 3.35. The van der Waals surface area contributed by atoms with Gasteiger partial charge in [0.05, 0.1) is 11.1 Å². The quantitative estimate of drug-likeness (QED) is 0.823. The normalized spacial score (nSPS) is 15.4. The number of nitrogens with one attached hydrogen (secondary N) is 2. The van der Waals surface area contributed by atoms with Crippen LogP contribution in [0.25, 0.3) is 0 Å². The number of nitrogens with zero attached hydrogens (tertiary/aromatic N) is 2. The molecule has 0 fully saturated rings. The van der Waals surface area contributed by atoms with Crippen LogP contribution in [-0.2, 0) is 25.7 Å². The number of H-pyrrole nitrogens is 2. The first kappa shape index (κ1) is 15.9. The molecule has 1 aliphatic rings. The predicted octanol–water partition coefficient (Wildman–Crippen LogP) is 2.40. The van der Waals surface area contributed by atoms with Crippen LogP contribution in [0, 0.1) is 4.77 Å². The molecule has 0 amide bonds. The van der Waals surface area contributed by atoms with Crippen molar-refractivity contribution in [2.45, 2.75) is 25.7 Å². The van der Waals surface area contributed by atoms with Crippen LogP contribution in [-0.4, -0.2) is 26.4 Å². The molecule has 5 nitrogen and oxygen atoms in total. The summed E-state index contributed by atoms with van der Waals surface area (Å²) in [5.74, 6) is 0. The number of alkyl halides is 3. The van der Waals surface area contributed by atoms with Crippen LogP contribution in [0.4, 0.5) is 13.2 Å². The van der Waals surface area contributed by atoms with Gasteiger partial charge in [-0.25, -0.2) is 0 Å². The first-order chi connectivity index (χ1) is 10.8. The van der Waals surface area contributed by atoms with Gasteiger partial charge in [0, 0.05) is 44.1 Å². The van der Waals surface area contributed by atoms with Crippen LogP contribution >= 0.6 is 12.2 Å². The maximum Gasteiger partial charge on any atom is 0.416 e. The van der Waals surface area contributed by atoms with Gasteiger partial charge in [-0.15, -0.1) is 0 Å². The number of pyridine rings is 1. The second kappa shape index (κ2) is 5.89. The highest BCUT2D eigenvalue weighted by atomic mass is 32.1. The molecule has 9 heteroatoms. The average Bonchev–Trinajstić information content (AvgIpc) is 2.47. The number of aromatic nitrogens is 3. The Kier molecular flexibility index (Phi) is 4.07. The van der Waals surface area contributed by atoms with Gasteiger partial charge in [-0.1, -0.05) is 0 Å². The fourth-order valence-electron chi connectivity index (χ4n) is 2.72. The minimum absolute atomic E-state index is 0.0805. The van der Waals surface area contributed by atoms with Gasteiger partial charge in [0.1, 0.15) is 0 Å². The number of hydrogen-bond acceptors (Lipinski definition) is 4. The smallest absolute Gasteiger partial charge is 0.335 e. The second-order valence-corrected chi connectivity index (χ2v) is 5.76. The molecule has 3 rings (SSSR count). The number of fused-ring (bicyclic) bond motifs is 1. The third-order valence-corrected chi connectivity index (χ3v) is 4.00. The molecule has 2 N–H and O–H groups in total. The number of hydrogen-bond donors (Lipinski definition) is 2. The van der Waals surface area contributed by atoms with Gasteiger partial charge < -0.3 is 4.98 Å². The van der Waals surface area contributed by atoms with Gasteiger partial charge in [-0.05, 0) is 23.8 Å². The van der Waals surface area contributed by atoms with Crippen LogP contribution in [0.3, 0.4) is 0 Å². The first-order valence-electron chi connectivity index (χ1n) is 6.91. The zero-order chi connectivity index (χ0) is 16.6. The summed E-state index contributed by atoms with van der Waals surface area (Å²) in [4.78, 5) is 23.0. The molecule has 0 unspecified atom stereocenters. The molecule has 0 bridgehead atoms. The van der Waals surface area contributed by atoms with Crippen molar-refractivity contribution in [1.29, 1.82) is 0 Å². The van der Waals surface area contributed by atoms with E-state index in [9.17, 15) is 18.0 Å². The van der Waals surface area contributed by atoms with Gasteiger partial charge in [0.15, 0.2) is 4.77 Å². The largest absolute Gasteiger partial charge is 0.416 e. The Balaban J connectivity index is 1.87. The van der Waals surface area contributed by atoms with Crippen molar-refractivity contribution in [2.75, 3.05) is 6.54 Å². The minimum atomic E-state index is -4.42. The van der Waals surface area contributed by atoms with E-state index < -0.39 is 11.7 Å². The summed E-state index contributed by atoms with van der Waals surface area (Å²) in [5.41, 5.74) is 0.374. The lowest BCUT2D eigenvalue weighted by Gasteiger charge is -2.28. The Morgan fingerprint density at radius 2 is 2.13 bits per heavy atom. The Morgan fingerprint density at radius 1 is 1.35 bits per heavy atom. The maximum absolute atomic E-state index is 13.0. The topological polar surface area (TPSA) is 64.8 Å². The van der Waals surface area contributed by atoms with E-state index in [1.807, 2.05) is 0 Å². The number of aromatic amines is 2. The maximum atomic E-state index is 13.0. The fourth-order valence-corrected chi connectivity index (χ4v) is 2.93. The van der Waals surface area contributed by atoms with Gasteiger partial charge in [0.2, 0.25) is 0 Å². The summed E-state index contributed by atoms with van der Waals surface area (Å²) in [5, 5.41) is 0. The Labute approximate surface area is 134 Å². The highest BCUT2D eigenvalue weighted by Crippen LogP contribution is 2.32. The summed E-state index contributed by atoms with van der Waals surface area (Å²) in [6.07, 6.45) is -1.54. The van der Waals surface area contributed by atoms with Gasteiger partial charge >= 0.3 is 6.18 Å². The SMILES string of the molecule is O=c1[nH]c(=S)[nH]c2c1CN(Cc1cnccc1C(F)(F)F)CC2. The van der Waals surface area contributed by atoms with E-state index in [0.29, 0.717) is 18.5 Å². The Hall–Kier alpha value is -2.00. The Bertz CT molecular complexity index is 843. The molecule has 0 saturated carbocycles. The highest BCUT2D eigenvalue weighted by Gasteiger charge is 2.34. The van der Waals surface area contributed by atoms with Crippen LogP contribution in [0.5, 0.6) is 0 Å². The standard InChI is InChI=1S/C14H13F3N4OS/c15-14(16,17)10-1-3-18-5-8(10)6-21-4-2-11-9(7-21)12(22)20-13(23)19-11/h1,3,5H,2,4,6-7H2,(H2,19,20,22,23). The molecule has 1 aliphatic heterocycles. The predicted molar refractivity (Wildman–Crippen MR) is 79.3 cm³/mol. The molecule has 0 aliphatic carbocycles. The van der Waals surface area contributed by atoms with Crippen molar-refractivity contribution in [2.24, 2.45) is 0 Å². The van der Waals surface area contributed by atoms with Crippen LogP contribution in [0.2, 0.25) is 0 Å². The molecule has 0 atom stereocenters. The number of halogens is 3. The van der Waals surface area contributed by atoms with Gasteiger partial charge in [-0.2, -0.15) is 13.2 Å². The lowest BCUT2D eigenvalue weighted by atomic mass is 10.0. The molecule has 0 saturated heterocycles. The summed E-state index contributed by atoms with van der Waals surface area (Å²) >= 11 is 4.92. The van der Waals surface area contributed by atoms with E-state index >= 15 is 0 Å². The number of rotatable bonds is 2. The van der Waals surface area contributed by atoms with Crippen molar-refractivity contribution in [3.05, 3.63) is 56.0 Å². The third-order valence-electron chi connectivity index (χ3n) is 3.79. The summed E-state index contributed by atoms with van der Waals surface area (Å²) in [7, 11) is 0. The molecular formula is C14H13F3N4OS. The fraction of sp³-hybridized carbons (Fsp3) is 0.357. The van der Waals surface area contributed by atoms with Gasteiger partial charge in [0.25, 0.3) is 5.56 Å². The van der Waals surface area contributed by atoms with Crippen LogP contribution < -0.4 is 5.56 Å². The summed E-state index contributed by atoms with van der Waals surface area (Å²) in [6, 6.07) is 0.970. The van der Waals surface area contributed by atoms with E-state index in [-0.39, 0.29) is 29.0 Å². The lowest BCUT2D eigenvalue weighted by Crippen LogP contribution is -2.35. The van der Waals surface area contributed by atoms with Crippen molar-refractivity contribution in [3.8, 4) is 0 Å². The first-order valence-corrected chi connectivity index (χ1v) is 7.32. The molecule has 23 heavy (non-hydrogen) atoms. The molecular weight excluding hydrogens is 329 g/mol. The van der Waals surface area contributed by atoms with E-state index in [1.54, 1.807) is 4.90 Å². The summed E-state index contributed by atoms with van der Waals surface area (Å²) < 4.78 is 39.4. The molecule has 2 aromatic heterocycles. The van der Waals surface area contributed by atoms with Crippen molar-refractivity contribution in [1.82, 2.24) is 19.9 Å². The molecule has 3 heterocycles. The van der Waals surface area contributed by atoms with Gasteiger partial charge in [-0.3, -0.25) is 19.7 Å². The highest BCUT2D eigenvalue weighted by molar-refractivity contribution is 7.71. The summed E-state index contributed by atoms with van der Waals surface area (Å²) in [6.45, 7) is 0.883. The minimum Gasteiger partial charge on any atom is -0.335 e. The van der Waals surface area contributed by atoms with Crippen molar-refractivity contribution < 1.29 is 13.2 Å². The molecule has 0 aromatic carbocycles. The van der Waals surface area contributed by atoms with E-state index in [0.717, 1.165) is 18.0 Å². The Morgan fingerprint density at radius 3 is 2.87 bits per heavy atom. The monoisotopic (exact) mass is 342 g/mol. The molecule has 2 aromatic rings. The van der Waals surface area contributed by atoms with Crippen LogP contribution in [0.1, 0.15) is 22.4 Å².